The zero-order chi connectivity index (χ0) is 18.8. The van der Waals surface area contributed by atoms with Gasteiger partial charge in [-0.3, -0.25) is 4.79 Å². The molecule has 2 aromatic rings. The Morgan fingerprint density at radius 1 is 1.24 bits per heavy atom. The quantitative estimate of drug-likeness (QED) is 0.730. The topological polar surface area (TPSA) is 66.5 Å². The van der Waals surface area contributed by atoms with Crippen molar-refractivity contribution in [3.8, 4) is 0 Å². The van der Waals surface area contributed by atoms with Gasteiger partial charge in [0, 0.05) is 17.1 Å². The van der Waals surface area contributed by atoms with Crippen LogP contribution in [-0.4, -0.2) is 32.2 Å². The van der Waals surface area contributed by atoms with Crippen LogP contribution < -0.4 is 5.32 Å². The first-order valence-electron chi connectivity index (χ1n) is 7.07. The first-order valence-corrected chi connectivity index (χ1v) is 10.5. The van der Waals surface area contributed by atoms with E-state index in [9.17, 15) is 13.2 Å². The van der Waals surface area contributed by atoms with Crippen LogP contribution in [0.2, 0.25) is 14.4 Å². The van der Waals surface area contributed by atoms with E-state index >= 15 is 0 Å². The van der Waals surface area contributed by atoms with Crippen LogP contribution in [0.25, 0.3) is 0 Å². The standard InChI is InChI=1S/C15H15Cl3N2O3S2/c1-9(11-4-3-10(16)7-12(11)17)19-14(21)8-20(2)25(22,23)15-6-5-13(18)24-15/h3-7,9H,8H2,1-2H3,(H,19,21). The maximum absolute atomic E-state index is 12.4. The zero-order valence-corrected chi connectivity index (χ0v) is 17.2. The van der Waals surface area contributed by atoms with E-state index < -0.39 is 22.0 Å². The number of rotatable bonds is 6. The summed E-state index contributed by atoms with van der Waals surface area (Å²) in [6.07, 6.45) is 0. The van der Waals surface area contributed by atoms with Crippen LogP contribution in [0.4, 0.5) is 0 Å². The van der Waals surface area contributed by atoms with Crippen molar-refractivity contribution >= 4 is 62.1 Å². The van der Waals surface area contributed by atoms with E-state index in [4.69, 9.17) is 34.8 Å². The molecule has 1 aromatic carbocycles. The summed E-state index contributed by atoms with van der Waals surface area (Å²) in [6.45, 7) is 1.42. The third-order valence-corrected chi connectivity index (χ3v) is 7.45. The number of carbonyl (C=O) groups excluding carboxylic acids is 1. The molecule has 2 rings (SSSR count). The molecule has 0 fully saturated rings. The van der Waals surface area contributed by atoms with E-state index in [1.54, 1.807) is 25.1 Å². The molecule has 0 aliphatic heterocycles. The molecule has 0 saturated heterocycles. The molecular formula is C15H15Cl3N2O3S2. The van der Waals surface area contributed by atoms with Gasteiger partial charge in [-0.2, -0.15) is 4.31 Å². The van der Waals surface area contributed by atoms with E-state index in [1.807, 2.05) is 0 Å². The molecule has 1 unspecified atom stereocenters. The van der Waals surface area contributed by atoms with E-state index in [0.717, 1.165) is 15.6 Å². The van der Waals surface area contributed by atoms with Crippen LogP contribution in [0.3, 0.4) is 0 Å². The van der Waals surface area contributed by atoms with E-state index in [0.29, 0.717) is 19.9 Å². The molecule has 10 heteroatoms. The molecular weight excluding hydrogens is 427 g/mol. The third-order valence-electron chi connectivity index (χ3n) is 3.39. The monoisotopic (exact) mass is 440 g/mol. The van der Waals surface area contributed by atoms with Gasteiger partial charge in [0.05, 0.1) is 16.9 Å². The molecule has 5 nitrogen and oxygen atoms in total. The zero-order valence-electron chi connectivity index (χ0n) is 13.3. The number of nitrogens with one attached hydrogen (secondary N) is 1. The van der Waals surface area contributed by atoms with Gasteiger partial charge in [-0.25, -0.2) is 8.42 Å². The second-order valence-electron chi connectivity index (χ2n) is 5.27. The lowest BCUT2D eigenvalue weighted by Gasteiger charge is -2.19. The average molecular weight is 442 g/mol. The van der Waals surface area contributed by atoms with Gasteiger partial charge < -0.3 is 5.32 Å². The van der Waals surface area contributed by atoms with Crippen LogP contribution in [0, 0.1) is 0 Å². The number of carbonyl (C=O) groups is 1. The fourth-order valence-corrected chi connectivity index (χ4v) is 5.49. The SMILES string of the molecule is CC(NC(=O)CN(C)S(=O)(=O)c1ccc(Cl)s1)c1ccc(Cl)cc1Cl. The van der Waals surface area contributed by atoms with Crippen molar-refractivity contribution in [2.24, 2.45) is 0 Å². The second kappa shape index (κ2) is 8.24. The van der Waals surface area contributed by atoms with Crippen LogP contribution in [-0.2, 0) is 14.8 Å². The van der Waals surface area contributed by atoms with Gasteiger partial charge in [0.15, 0.2) is 0 Å². The number of hydrogen-bond acceptors (Lipinski definition) is 4. The lowest BCUT2D eigenvalue weighted by molar-refractivity contribution is -0.121. The highest BCUT2D eigenvalue weighted by Crippen LogP contribution is 2.28. The molecule has 0 spiro atoms. The molecule has 0 saturated carbocycles. The Bertz CT molecular complexity index is 884. The Morgan fingerprint density at radius 2 is 1.92 bits per heavy atom. The minimum atomic E-state index is -3.76. The molecule has 0 bridgehead atoms. The van der Waals surface area contributed by atoms with Gasteiger partial charge in [-0.05, 0) is 36.8 Å². The van der Waals surface area contributed by atoms with Gasteiger partial charge in [0.1, 0.15) is 4.21 Å². The largest absolute Gasteiger partial charge is 0.348 e. The molecule has 25 heavy (non-hydrogen) atoms. The molecule has 0 radical (unpaired) electrons. The summed E-state index contributed by atoms with van der Waals surface area (Å²) in [5.74, 6) is -0.452. The van der Waals surface area contributed by atoms with Crippen molar-refractivity contribution in [1.29, 1.82) is 0 Å². The highest BCUT2D eigenvalue weighted by atomic mass is 35.5. The number of hydrogen-bond donors (Lipinski definition) is 1. The van der Waals surface area contributed by atoms with E-state index in [-0.39, 0.29) is 10.8 Å². The van der Waals surface area contributed by atoms with E-state index in [2.05, 4.69) is 5.32 Å². The Labute approximate surface area is 165 Å². The third kappa shape index (κ3) is 5.09. The van der Waals surface area contributed by atoms with Crippen molar-refractivity contribution in [3.05, 3.63) is 50.3 Å². The fraction of sp³-hybridized carbons (Fsp3) is 0.267. The van der Waals surface area contributed by atoms with Crippen molar-refractivity contribution in [3.63, 3.8) is 0 Å². The molecule has 0 aliphatic rings. The number of nitrogens with zero attached hydrogens (tertiary/aromatic N) is 1. The summed E-state index contributed by atoms with van der Waals surface area (Å²) in [4.78, 5) is 12.2. The summed E-state index contributed by atoms with van der Waals surface area (Å²) >= 11 is 18.7. The number of benzene rings is 1. The predicted molar refractivity (Wildman–Crippen MR) is 102 cm³/mol. The fourth-order valence-electron chi connectivity index (χ4n) is 2.09. The molecule has 1 atom stereocenters. The number of likely N-dealkylation sites (N-methyl/N-ethyl adjacent to an activating group) is 1. The first kappa shape index (κ1) is 20.5. The maximum Gasteiger partial charge on any atom is 0.252 e. The van der Waals surface area contributed by atoms with Crippen molar-refractivity contribution < 1.29 is 13.2 Å². The summed E-state index contributed by atoms with van der Waals surface area (Å²) in [5.41, 5.74) is 0.690. The van der Waals surface area contributed by atoms with Crippen LogP contribution in [0.1, 0.15) is 18.5 Å². The van der Waals surface area contributed by atoms with Crippen LogP contribution in [0.5, 0.6) is 0 Å². The lowest BCUT2D eigenvalue weighted by atomic mass is 10.1. The van der Waals surface area contributed by atoms with Crippen molar-refractivity contribution in [1.82, 2.24) is 9.62 Å². The van der Waals surface area contributed by atoms with Crippen LogP contribution in [0.15, 0.2) is 34.5 Å². The maximum atomic E-state index is 12.4. The number of halogens is 3. The highest BCUT2D eigenvalue weighted by Gasteiger charge is 2.25. The van der Waals surface area contributed by atoms with Gasteiger partial charge in [0.2, 0.25) is 5.91 Å². The summed E-state index contributed by atoms with van der Waals surface area (Å²) < 4.78 is 26.2. The molecule has 1 heterocycles. The lowest BCUT2D eigenvalue weighted by Crippen LogP contribution is -2.39. The summed E-state index contributed by atoms with van der Waals surface area (Å²) in [7, 11) is -2.43. The Balaban J connectivity index is 2.04. The highest BCUT2D eigenvalue weighted by molar-refractivity contribution is 7.91. The summed E-state index contributed by atoms with van der Waals surface area (Å²) in [6, 6.07) is 7.47. The number of thiophene rings is 1. The van der Waals surface area contributed by atoms with Crippen molar-refractivity contribution in [2.45, 2.75) is 17.2 Å². The smallest absolute Gasteiger partial charge is 0.252 e. The average Bonchev–Trinajstić information content (AvgIpc) is 2.94. The van der Waals surface area contributed by atoms with Crippen molar-refractivity contribution in [2.75, 3.05) is 13.6 Å². The summed E-state index contributed by atoms with van der Waals surface area (Å²) in [5, 5.41) is 3.64. The normalized spacial score (nSPS) is 13.0. The minimum Gasteiger partial charge on any atom is -0.348 e. The van der Waals surface area contributed by atoms with E-state index in [1.165, 1.54) is 19.2 Å². The molecule has 0 aliphatic carbocycles. The Kier molecular flexibility index (Phi) is 6.75. The Hall–Kier alpha value is -0.830. The number of amides is 1. The van der Waals surface area contributed by atoms with Gasteiger partial charge in [0.25, 0.3) is 10.0 Å². The van der Waals surface area contributed by atoms with Gasteiger partial charge in [-0.1, -0.05) is 40.9 Å². The molecule has 1 N–H and O–H groups in total. The van der Waals surface area contributed by atoms with Gasteiger partial charge in [-0.15, -0.1) is 11.3 Å². The molecule has 1 aromatic heterocycles. The number of sulfonamides is 1. The minimum absolute atomic E-state index is 0.0848. The second-order valence-corrected chi connectivity index (χ2v) is 10.1. The van der Waals surface area contributed by atoms with Crippen LogP contribution >= 0.6 is 46.1 Å². The molecule has 1 amide bonds. The Morgan fingerprint density at radius 3 is 2.48 bits per heavy atom. The molecule has 136 valence electrons. The first-order chi connectivity index (χ1) is 11.6. The predicted octanol–water partition coefficient (Wildman–Crippen LogP) is 4.21. The van der Waals surface area contributed by atoms with Gasteiger partial charge >= 0.3 is 0 Å².